The molecule has 0 N–H and O–H groups in total. The quantitative estimate of drug-likeness (QED) is 0.565. The molecule has 0 atom stereocenters. The monoisotopic (exact) mass is 356 g/mol. The standard InChI is InChI=1S/C14H14BrClN2S/c1-3-12-9(2)14(16)18-13(17-12)8-19-11-6-4-5-10(15)7-11/h4-7H,3,8H2,1-2H3. The van der Waals surface area contributed by atoms with Crippen LogP contribution in [0.15, 0.2) is 33.6 Å². The van der Waals surface area contributed by atoms with Gasteiger partial charge in [-0.2, -0.15) is 0 Å². The van der Waals surface area contributed by atoms with Crippen LogP contribution in [0, 0.1) is 6.92 Å². The number of aromatic nitrogens is 2. The fraction of sp³-hybridized carbons (Fsp3) is 0.286. The summed E-state index contributed by atoms with van der Waals surface area (Å²) in [6.45, 7) is 4.04. The second-order valence-corrected chi connectivity index (χ2v) is 6.42. The van der Waals surface area contributed by atoms with Crippen LogP contribution >= 0.6 is 39.3 Å². The molecule has 2 nitrogen and oxygen atoms in total. The molecular weight excluding hydrogens is 344 g/mol. The minimum Gasteiger partial charge on any atom is -0.237 e. The molecular formula is C14H14BrClN2S. The average molecular weight is 358 g/mol. The van der Waals surface area contributed by atoms with E-state index in [1.165, 1.54) is 4.90 Å². The first-order valence-corrected chi connectivity index (χ1v) is 8.16. The first-order chi connectivity index (χ1) is 9.10. The van der Waals surface area contributed by atoms with Crippen LogP contribution in [0.5, 0.6) is 0 Å². The predicted octanol–water partition coefficient (Wildman–Crippen LogP) is 5.06. The largest absolute Gasteiger partial charge is 0.237 e. The highest BCUT2D eigenvalue weighted by atomic mass is 79.9. The summed E-state index contributed by atoms with van der Waals surface area (Å²) in [5.41, 5.74) is 2.02. The highest BCUT2D eigenvalue weighted by Gasteiger charge is 2.08. The van der Waals surface area contributed by atoms with Crippen LogP contribution in [0.3, 0.4) is 0 Å². The Kier molecular flexibility index (Phi) is 5.25. The van der Waals surface area contributed by atoms with Gasteiger partial charge in [0.15, 0.2) is 0 Å². The van der Waals surface area contributed by atoms with Crippen LogP contribution in [0.2, 0.25) is 5.15 Å². The van der Waals surface area contributed by atoms with Gasteiger partial charge in [-0.3, -0.25) is 0 Å². The topological polar surface area (TPSA) is 25.8 Å². The highest BCUT2D eigenvalue weighted by molar-refractivity contribution is 9.10. The molecule has 0 aliphatic rings. The number of aryl methyl sites for hydroxylation is 1. The van der Waals surface area contributed by atoms with Crippen LogP contribution in [0.4, 0.5) is 0 Å². The van der Waals surface area contributed by atoms with Crippen molar-refractivity contribution in [3.63, 3.8) is 0 Å². The summed E-state index contributed by atoms with van der Waals surface area (Å²) in [6.07, 6.45) is 0.878. The van der Waals surface area contributed by atoms with Gasteiger partial charge in [0.05, 0.1) is 5.75 Å². The molecule has 1 aromatic carbocycles. The van der Waals surface area contributed by atoms with Crippen molar-refractivity contribution in [2.45, 2.75) is 30.9 Å². The first kappa shape index (κ1) is 14.8. The van der Waals surface area contributed by atoms with Gasteiger partial charge < -0.3 is 0 Å². The SMILES string of the molecule is CCc1nc(CSc2cccc(Br)c2)nc(Cl)c1C. The molecule has 0 radical (unpaired) electrons. The third kappa shape index (κ3) is 3.94. The molecule has 0 fully saturated rings. The molecule has 0 aliphatic heterocycles. The summed E-state index contributed by atoms with van der Waals surface area (Å²) < 4.78 is 1.08. The van der Waals surface area contributed by atoms with Gasteiger partial charge in [0.2, 0.25) is 0 Å². The van der Waals surface area contributed by atoms with Crippen LogP contribution < -0.4 is 0 Å². The molecule has 0 bridgehead atoms. The van der Waals surface area contributed by atoms with Crippen molar-refractivity contribution in [3.8, 4) is 0 Å². The van der Waals surface area contributed by atoms with E-state index < -0.39 is 0 Å². The highest BCUT2D eigenvalue weighted by Crippen LogP contribution is 2.25. The second-order valence-electron chi connectivity index (χ2n) is 4.10. The average Bonchev–Trinajstić information content (AvgIpc) is 2.40. The summed E-state index contributed by atoms with van der Waals surface area (Å²) >= 11 is 11.3. The molecule has 0 spiro atoms. The van der Waals surface area contributed by atoms with E-state index in [2.05, 4.69) is 45.0 Å². The van der Waals surface area contributed by atoms with Gasteiger partial charge in [0, 0.05) is 20.6 Å². The van der Waals surface area contributed by atoms with E-state index in [9.17, 15) is 0 Å². The third-order valence-corrected chi connectivity index (χ3v) is 4.58. The van der Waals surface area contributed by atoms with Gasteiger partial charge in [-0.25, -0.2) is 9.97 Å². The van der Waals surface area contributed by atoms with Crippen LogP contribution in [-0.2, 0) is 12.2 Å². The lowest BCUT2D eigenvalue weighted by Gasteiger charge is -2.07. The fourth-order valence-electron chi connectivity index (χ4n) is 1.69. The molecule has 0 aliphatic carbocycles. The molecule has 1 aromatic heterocycles. The number of thioether (sulfide) groups is 1. The molecule has 0 unspecified atom stereocenters. The van der Waals surface area contributed by atoms with Gasteiger partial charge >= 0.3 is 0 Å². The van der Waals surface area contributed by atoms with E-state index in [1.54, 1.807) is 11.8 Å². The van der Waals surface area contributed by atoms with Crippen molar-refractivity contribution >= 4 is 39.3 Å². The Hall–Kier alpha value is -0.580. The van der Waals surface area contributed by atoms with Crippen LogP contribution in [0.25, 0.3) is 0 Å². The number of benzene rings is 1. The molecule has 100 valence electrons. The van der Waals surface area contributed by atoms with Crippen molar-refractivity contribution in [2.24, 2.45) is 0 Å². The number of halogens is 2. The molecule has 0 saturated carbocycles. The predicted molar refractivity (Wildman–Crippen MR) is 84.9 cm³/mol. The Bertz CT molecular complexity index is 590. The van der Waals surface area contributed by atoms with Crippen molar-refractivity contribution < 1.29 is 0 Å². The number of hydrogen-bond donors (Lipinski definition) is 0. The zero-order chi connectivity index (χ0) is 13.8. The molecule has 5 heteroatoms. The summed E-state index contributed by atoms with van der Waals surface area (Å²) in [4.78, 5) is 10.1. The Morgan fingerprint density at radius 1 is 1.32 bits per heavy atom. The van der Waals surface area contributed by atoms with E-state index in [-0.39, 0.29) is 0 Å². The molecule has 0 saturated heterocycles. The summed E-state index contributed by atoms with van der Waals surface area (Å²) in [5.74, 6) is 1.51. The van der Waals surface area contributed by atoms with E-state index in [4.69, 9.17) is 11.6 Å². The lowest BCUT2D eigenvalue weighted by Crippen LogP contribution is -2.01. The molecule has 2 aromatic rings. The van der Waals surface area contributed by atoms with Crippen molar-refractivity contribution in [3.05, 3.63) is 51.0 Å². The van der Waals surface area contributed by atoms with E-state index in [1.807, 2.05) is 19.1 Å². The number of rotatable bonds is 4. The maximum atomic E-state index is 6.14. The first-order valence-electron chi connectivity index (χ1n) is 6.00. The van der Waals surface area contributed by atoms with Crippen molar-refractivity contribution in [2.75, 3.05) is 0 Å². The summed E-state index contributed by atoms with van der Waals surface area (Å²) in [5, 5.41) is 0.566. The summed E-state index contributed by atoms with van der Waals surface area (Å²) in [7, 11) is 0. The Balaban J connectivity index is 2.13. The van der Waals surface area contributed by atoms with E-state index >= 15 is 0 Å². The fourth-order valence-corrected chi connectivity index (χ4v) is 3.26. The molecule has 1 heterocycles. The molecule has 2 rings (SSSR count). The molecule has 0 amide bonds. The lowest BCUT2D eigenvalue weighted by molar-refractivity contribution is 0.918. The van der Waals surface area contributed by atoms with Gasteiger partial charge in [0.1, 0.15) is 11.0 Å². The number of hydrogen-bond acceptors (Lipinski definition) is 3. The van der Waals surface area contributed by atoms with E-state index in [0.29, 0.717) is 5.15 Å². The Morgan fingerprint density at radius 2 is 2.11 bits per heavy atom. The Labute approximate surface area is 131 Å². The normalized spacial score (nSPS) is 10.7. The smallest absolute Gasteiger partial charge is 0.140 e. The Morgan fingerprint density at radius 3 is 2.79 bits per heavy atom. The minimum absolute atomic E-state index is 0.566. The van der Waals surface area contributed by atoms with Crippen LogP contribution in [0.1, 0.15) is 24.0 Å². The van der Waals surface area contributed by atoms with Crippen molar-refractivity contribution in [1.29, 1.82) is 0 Å². The molecule has 19 heavy (non-hydrogen) atoms. The zero-order valence-corrected chi connectivity index (χ0v) is 13.9. The number of nitrogens with zero attached hydrogens (tertiary/aromatic N) is 2. The lowest BCUT2D eigenvalue weighted by atomic mass is 10.2. The third-order valence-electron chi connectivity index (χ3n) is 2.73. The van der Waals surface area contributed by atoms with Gasteiger partial charge in [0.25, 0.3) is 0 Å². The van der Waals surface area contributed by atoms with Gasteiger partial charge in [-0.1, -0.05) is 40.5 Å². The minimum atomic E-state index is 0.566. The van der Waals surface area contributed by atoms with Crippen molar-refractivity contribution in [1.82, 2.24) is 9.97 Å². The second kappa shape index (κ2) is 6.73. The van der Waals surface area contributed by atoms with Crippen LogP contribution in [-0.4, -0.2) is 9.97 Å². The van der Waals surface area contributed by atoms with Gasteiger partial charge in [-0.05, 0) is 31.5 Å². The maximum absolute atomic E-state index is 6.14. The van der Waals surface area contributed by atoms with E-state index in [0.717, 1.165) is 33.7 Å². The zero-order valence-electron chi connectivity index (χ0n) is 10.8. The summed E-state index contributed by atoms with van der Waals surface area (Å²) in [6, 6.07) is 8.19. The maximum Gasteiger partial charge on any atom is 0.140 e. The van der Waals surface area contributed by atoms with Gasteiger partial charge in [-0.15, -0.1) is 11.8 Å².